The lowest BCUT2D eigenvalue weighted by Crippen LogP contribution is -2.03. The van der Waals surface area contributed by atoms with E-state index in [0.29, 0.717) is 0 Å². The monoisotopic (exact) mass is 320 g/mol. The summed E-state index contributed by atoms with van der Waals surface area (Å²) in [5.74, 6) is 2.44. The van der Waals surface area contributed by atoms with Crippen LogP contribution in [0.1, 0.15) is 18.3 Å². The molecule has 0 atom stereocenters. The Hall–Kier alpha value is -1.62. The summed E-state index contributed by atoms with van der Waals surface area (Å²) >= 11 is 3.50. The minimum Gasteiger partial charge on any atom is -0.373 e. The number of benzene rings is 1. The molecule has 0 unspecified atom stereocenters. The van der Waals surface area contributed by atoms with Crippen LogP contribution >= 0.6 is 15.9 Å². The molecule has 0 saturated carbocycles. The molecule has 2 N–H and O–H groups in total. The second-order valence-corrected chi connectivity index (χ2v) is 5.22. The first-order chi connectivity index (χ1) is 9.10. The summed E-state index contributed by atoms with van der Waals surface area (Å²) in [5.41, 5.74) is 2.20. The molecule has 0 aliphatic carbocycles. The third-order valence-corrected chi connectivity index (χ3v) is 3.12. The van der Waals surface area contributed by atoms with Crippen molar-refractivity contribution in [2.75, 3.05) is 17.7 Å². The second kappa shape index (κ2) is 6.02. The highest BCUT2D eigenvalue weighted by atomic mass is 79.9. The molecule has 100 valence electrons. The number of nitrogens with one attached hydrogen (secondary N) is 2. The van der Waals surface area contributed by atoms with Gasteiger partial charge in [-0.25, -0.2) is 9.97 Å². The van der Waals surface area contributed by atoms with Gasteiger partial charge in [-0.3, -0.25) is 0 Å². The van der Waals surface area contributed by atoms with Crippen molar-refractivity contribution in [3.05, 3.63) is 40.1 Å². The van der Waals surface area contributed by atoms with Crippen LogP contribution in [0, 0.1) is 6.92 Å². The predicted molar refractivity (Wildman–Crippen MR) is 83.1 cm³/mol. The van der Waals surface area contributed by atoms with Gasteiger partial charge in [-0.2, -0.15) is 0 Å². The maximum Gasteiger partial charge on any atom is 0.136 e. The first-order valence-electron chi connectivity index (χ1n) is 6.20. The largest absolute Gasteiger partial charge is 0.373 e. The number of nitrogens with zero attached hydrogens (tertiary/aromatic N) is 2. The first kappa shape index (κ1) is 13.8. The van der Waals surface area contributed by atoms with Gasteiger partial charge in [-0.1, -0.05) is 22.9 Å². The summed E-state index contributed by atoms with van der Waals surface area (Å²) in [6, 6.07) is 8.08. The van der Waals surface area contributed by atoms with Crippen molar-refractivity contribution < 1.29 is 0 Å². The summed E-state index contributed by atoms with van der Waals surface area (Å²) in [4.78, 5) is 8.85. The van der Waals surface area contributed by atoms with Crippen LogP contribution in [0.25, 0.3) is 0 Å². The number of hydrogen-bond donors (Lipinski definition) is 2. The molecule has 2 aromatic rings. The van der Waals surface area contributed by atoms with E-state index in [4.69, 9.17) is 0 Å². The van der Waals surface area contributed by atoms with Crippen molar-refractivity contribution >= 4 is 33.3 Å². The molecule has 0 spiro atoms. The molecule has 19 heavy (non-hydrogen) atoms. The number of hydrogen-bond acceptors (Lipinski definition) is 4. The molecule has 4 nitrogen and oxygen atoms in total. The molecule has 0 radical (unpaired) electrons. The van der Waals surface area contributed by atoms with Gasteiger partial charge in [0.25, 0.3) is 0 Å². The molecule has 2 rings (SSSR count). The van der Waals surface area contributed by atoms with Crippen LogP contribution in [0.2, 0.25) is 0 Å². The zero-order chi connectivity index (χ0) is 13.8. The Labute approximate surface area is 121 Å². The minimum absolute atomic E-state index is 0.800. The molecule has 0 aliphatic heterocycles. The smallest absolute Gasteiger partial charge is 0.136 e. The summed E-state index contributed by atoms with van der Waals surface area (Å²) in [6.07, 6.45) is 0.807. The van der Waals surface area contributed by atoms with Gasteiger partial charge in [0.2, 0.25) is 0 Å². The van der Waals surface area contributed by atoms with E-state index in [2.05, 4.69) is 55.6 Å². The van der Waals surface area contributed by atoms with E-state index < -0.39 is 0 Å². The summed E-state index contributed by atoms with van der Waals surface area (Å²) in [7, 11) is 1.86. The van der Waals surface area contributed by atoms with Gasteiger partial charge in [-0.15, -0.1) is 0 Å². The minimum atomic E-state index is 0.800. The molecule has 5 heteroatoms. The van der Waals surface area contributed by atoms with Gasteiger partial charge in [0.1, 0.15) is 17.5 Å². The molecule has 0 aliphatic rings. The fourth-order valence-corrected chi connectivity index (χ4v) is 2.41. The number of rotatable bonds is 4. The molecule has 0 bridgehead atoms. The molecule has 0 amide bonds. The highest BCUT2D eigenvalue weighted by Crippen LogP contribution is 2.23. The van der Waals surface area contributed by atoms with Crippen LogP contribution in [0.4, 0.5) is 17.3 Å². The van der Waals surface area contributed by atoms with Crippen molar-refractivity contribution in [2.45, 2.75) is 20.3 Å². The molecule has 0 saturated heterocycles. The van der Waals surface area contributed by atoms with Gasteiger partial charge >= 0.3 is 0 Å². The fourth-order valence-electron chi connectivity index (χ4n) is 1.80. The molecule has 1 heterocycles. The molecular weight excluding hydrogens is 304 g/mol. The van der Waals surface area contributed by atoms with Gasteiger partial charge in [-0.05, 0) is 30.7 Å². The van der Waals surface area contributed by atoms with Crippen LogP contribution in [-0.4, -0.2) is 17.0 Å². The van der Waals surface area contributed by atoms with E-state index in [1.54, 1.807) is 0 Å². The molecule has 0 fully saturated rings. The Morgan fingerprint density at radius 2 is 1.84 bits per heavy atom. The lowest BCUT2D eigenvalue weighted by molar-refractivity contribution is 0.944. The van der Waals surface area contributed by atoms with Gasteiger partial charge in [0.15, 0.2) is 0 Å². The Kier molecular flexibility index (Phi) is 4.37. The molecular formula is C14H17BrN4. The van der Waals surface area contributed by atoms with Crippen molar-refractivity contribution in [3.63, 3.8) is 0 Å². The van der Waals surface area contributed by atoms with E-state index in [9.17, 15) is 0 Å². The van der Waals surface area contributed by atoms with E-state index in [1.807, 2.05) is 26.1 Å². The van der Waals surface area contributed by atoms with Crippen molar-refractivity contribution in [3.8, 4) is 0 Å². The standard InChI is InChI=1S/C14H17BrN4/c1-4-12-18-13(16-3)8-14(19-12)17-11-6-9(2)5-10(15)7-11/h5-8H,4H2,1-3H3,(H2,16,17,18,19). The van der Waals surface area contributed by atoms with E-state index in [-0.39, 0.29) is 0 Å². The summed E-state index contributed by atoms with van der Waals surface area (Å²) in [6.45, 7) is 4.11. The van der Waals surface area contributed by atoms with E-state index in [0.717, 1.165) is 34.0 Å². The average Bonchev–Trinajstić information content (AvgIpc) is 2.37. The zero-order valence-electron chi connectivity index (χ0n) is 11.3. The SMILES string of the molecule is CCc1nc(NC)cc(Nc2cc(C)cc(Br)c2)n1. The van der Waals surface area contributed by atoms with Gasteiger partial charge < -0.3 is 10.6 Å². The Bertz CT molecular complexity index is 541. The lowest BCUT2D eigenvalue weighted by atomic mass is 10.2. The quantitative estimate of drug-likeness (QED) is 0.897. The Morgan fingerprint density at radius 1 is 1.11 bits per heavy atom. The predicted octanol–water partition coefficient (Wildman–Crippen LogP) is 3.90. The zero-order valence-corrected chi connectivity index (χ0v) is 12.9. The van der Waals surface area contributed by atoms with Crippen molar-refractivity contribution in [1.82, 2.24) is 9.97 Å². The summed E-state index contributed by atoms with van der Waals surface area (Å²) in [5, 5.41) is 6.36. The molecule has 1 aromatic carbocycles. The first-order valence-corrected chi connectivity index (χ1v) is 7.00. The van der Waals surface area contributed by atoms with Crippen LogP contribution in [0.15, 0.2) is 28.7 Å². The van der Waals surface area contributed by atoms with Crippen LogP contribution < -0.4 is 10.6 Å². The third kappa shape index (κ3) is 3.67. The highest BCUT2D eigenvalue weighted by molar-refractivity contribution is 9.10. The number of aromatic nitrogens is 2. The van der Waals surface area contributed by atoms with Crippen molar-refractivity contribution in [2.24, 2.45) is 0 Å². The number of aryl methyl sites for hydroxylation is 2. The molecule has 1 aromatic heterocycles. The maximum absolute atomic E-state index is 4.48. The Morgan fingerprint density at radius 3 is 2.47 bits per heavy atom. The average molecular weight is 321 g/mol. The second-order valence-electron chi connectivity index (χ2n) is 4.30. The highest BCUT2D eigenvalue weighted by Gasteiger charge is 2.04. The number of anilines is 3. The third-order valence-electron chi connectivity index (χ3n) is 2.66. The van der Waals surface area contributed by atoms with Crippen molar-refractivity contribution in [1.29, 1.82) is 0 Å². The van der Waals surface area contributed by atoms with E-state index in [1.165, 1.54) is 5.56 Å². The van der Waals surface area contributed by atoms with E-state index >= 15 is 0 Å². The Balaban J connectivity index is 2.31. The summed E-state index contributed by atoms with van der Waals surface area (Å²) < 4.78 is 1.05. The van der Waals surface area contributed by atoms with Crippen LogP contribution in [-0.2, 0) is 6.42 Å². The lowest BCUT2D eigenvalue weighted by Gasteiger charge is -2.10. The van der Waals surface area contributed by atoms with Gasteiger partial charge in [0, 0.05) is 29.7 Å². The fraction of sp³-hybridized carbons (Fsp3) is 0.286. The maximum atomic E-state index is 4.48. The number of halogens is 1. The normalized spacial score (nSPS) is 10.3. The topological polar surface area (TPSA) is 49.8 Å². The van der Waals surface area contributed by atoms with Crippen LogP contribution in [0.3, 0.4) is 0 Å². The van der Waals surface area contributed by atoms with Crippen LogP contribution in [0.5, 0.6) is 0 Å². The van der Waals surface area contributed by atoms with Gasteiger partial charge in [0.05, 0.1) is 0 Å².